The molecule has 1 fully saturated rings. The van der Waals surface area contributed by atoms with Crippen LogP contribution in [0.15, 0.2) is 47.4 Å². The Balaban J connectivity index is 1.60. The largest absolute Gasteiger partial charge is 0.492 e. The van der Waals surface area contributed by atoms with Crippen LogP contribution in [0.3, 0.4) is 0 Å². The smallest absolute Gasteiger partial charge is 0.337 e. The fraction of sp³-hybridized carbons (Fsp3) is 0.381. The highest BCUT2D eigenvalue weighted by atomic mass is 35.5. The molecule has 0 bridgehead atoms. The van der Waals surface area contributed by atoms with Crippen LogP contribution in [-0.2, 0) is 10.0 Å². The number of ether oxygens (including phenoxy) is 1. The Morgan fingerprint density at radius 3 is 2.32 bits per heavy atom. The van der Waals surface area contributed by atoms with Gasteiger partial charge in [0.1, 0.15) is 12.4 Å². The van der Waals surface area contributed by atoms with E-state index in [1.807, 2.05) is 17.0 Å². The lowest BCUT2D eigenvalue weighted by Gasteiger charge is -2.36. The molecule has 0 spiro atoms. The Kier molecular flexibility index (Phi) is 7.42. The Labute approximate surface area is 187 Å². The van der Waals surface area contributed by atoms with Crippen molar-refractivity contribution >= 4 is 33.3 Å². The number of hydrogen-bond acceptors (Lipinski definition) is 6. The Morgan fingerprint density at radius 2 is 1.74 bits per heavy atom. The topological polar surface area (TPSA) is 90.4 Å². The van der Waals surface area contributed by atoms with Gasteiger partial charge in [-0.15, -0.1) is 0 Å². The first-order chi connectivity index (χ1) is 14.7. The minimum Gasteiger partial charge on any atom is -0.492 e. The van der Waals surface area contributed by atoms with Crippen LogP contribution in [-0.4, -0.2) is 82.1 Å². The molecule has 0 atom stereocenters. The summed E-state index contributed by atoms with van der Waals surface area (Å²) in [6, 6.07) is 11.5. The molecule has 8 nitrogen and oxygen atoms in total. The van der Waals surface area contributed by atoms with E-state index in [4.69, 9.17) is 16.3 Å². The van der Waals surface area contributed by atoms with Crippen molar-refractivity contribution in [1.29, 1.82) is 0 Å². The summed E-state index contributed by atoms with van der Waals surface area (Å²) in [7, 11) is -0.870. The highest BCUT2D eigenvalue weighted by molar-refractivity contribution is 7.89. The van der Waals surface area contributed by atoms with Crippen molar-refractivity contribution in [3.8, 4) is 5.75 Å². The third-order valence-electron chi connectivity index (χ3n) is 5.18. The van der Waals surface area contributed by atoms with Crippen molar-refractivity contribution in [2.24, 2.45) is 0 Å². The van der Waals surface area contributed by atoms with E-state index in [1.165, 1.54) is 26.2 Å². The van der Waals surface area contributed by atoms with Gasteiger partial charge in [0.2, 0.25) is 10.0 Å². The van der Waals surface area contributed by atoms with Crippen LogP contribution in [0.5, 0.6) is 5.75 Å². The number of aromatic carboxylic acids is 1. The molecule has 1 heterocycles. The number of sulfonamides is 1. The van der Waals surface area contributed by atoms with Crippen molar-refractivity contribution in [3.63, 3.8) is 0 Å². The van der Waals surface area contributed by atoms with E-state index in [0.717, 1.165) is 29.7 Å². The van der Waals surface area contributed by atoms with Crippen molar-refractivity contribution in [3.05, 3.63) is 53.1 Å². The van der Waals surface area contributed by atoms with Crippen LogP contribution in [0.2, 0.25) is 5.02 Å². The monoisotopic (exact) mass is 467 g/mol. The maximum Gasteiger partial charge on any atom is 0.337 e. The van der Waals surface area contributed by atoms with Crippen molar-refractivity contribution < 1.29 is 23.1 Å². The zero-order valence-electron chi connectivity index (χ0n) is 17.5. The van der Waals surface area contributed by atoms with Gasteiger partial charge in [0.15, 0.2) is 0 Å². The van der Waals surface area contributed by atoms with Gasteiger partial charge in [0.05, 0.1) is 16.1 Å². The standard InChI is InChI=1S/C21H26ClN3O5S/c1-23(2)31(28,29)18-7-8-20(19(15-18)21(26)27)25-11-9-24(10-12-25)13-14-30-17-5-3-16(22)4-6-17/h3-8,15H,9-14H2,1-2H3,(H,26,27). The minimum atomic E-state index is -3.70. The number of halogens is 1. The second-order valence-corrected chi connectivity index (χ2v) is 9.99. The molecular formula is C21H26ClN3O5S. The predicted molar refractivity (Wildman–Crippen MR) is 120 cm³/mol. The number of hydrogen-bond donors (Lipinski definition) is 1. The highest BCUT2D eigenvalue weighted by Gasteiger charge is 2.25. The average Bonchev–Trinajstić information content (AvgIpc) is 2.75. The van der Waals surface area contributed by atoms with E-state index in [1.54, 1.807) is 18.2 Å². The molecule has 3 rings (SSSR count). The number of carboxylic acids is 1. The minimum absolute atomic E-state index is 0.0116. The number of benzene rings is 2. The molecular weight excluding hydrogens is 442 g/mol. The van der Waals surface area contributed by atoms with Gasteiger partial charge in [-0.05, 0) is 42.5 Å². The number of rotatable bonds is 8. The summed E-state index contributed by atoms with van der Waals surface area (Å²) in [6.45, 7) is 4.07. The summed E-state index contributed by atoms with van der Waals surface area (Å²) >= 11 is 5.87. The maximum absolute atomic E-state index is 12.4. The molecule has 0 saturated carbocycles. The number of piperazine rings is 1. The van der Waals surface area contributed by atoms with Gasteiger partial charge in [-0.3, -0.25) is 4.90 Å². The summed E-state index contributed by atoms with van der Waals surface area (Å²) < 4.78 is 31.5. The first-order valence-electron chi connectivity index (χ1n) is 9.84. The van der Waals surface area contributed by atoms with Crippen LogP contribution >= 0.6 is 11.6 Å². The molecule has 2 aromatic rings. The van der Waals surface area contributed by atoms with Crippen LogP contribution in [0.4, 0.5) is 5.69 Å². The molecule has 0 radical (unpaired) electrons. The highest BCUT2D eigenvalue weighted by Crippen LogP contribution is 2.26. The predicted octanol–water partition coefficient (Wildman–Crippen LogP) is 2.49. The summed E-state index contributed by atoms with van der Waals surface area (Å²) in [4.78, 5) is 16.0. The molecule has 1 aliphatic rings. The van der Waals surface area contributed by atoms with Gasteiger partial charge in [0.25, 0.3) is 0 Å². The molecule has 2 aromatic carbocycles. The fourth-order valence-corrected chi connectivity index (χ4v) is 4.42. The van der Waals surface area contributed by atoms with Gasteiger partial charge in [-0.2, -0.15) is 0 Å². The summed E-state index contributed by atoms with van der Waals surface area (Å²) in [6.07, 6.45) is 0. The van der Waals surface area contributed by atoms with E-state index in [2.05, 4.69) is 4.90 Å². The van der Waals surface area contributed by atoms with Crippen LogP contribution in [0, 0.1) is 0 Å². The van der Waals surface area contributed by atoms with Gasteiger partial charge < -0.3 is 14.7 Å². The van der Waals surface area contributed by atoms with E-state index in [-0.39, 0.29) is 10.5 Å². The normalized spacial score (nSPS) is 15.3. The molecule has 0 amide bonds. The first kappa shape index (κ1) is 23.3. The molecule has 0 unspecified atom stereocenters. The van der Waals surface area contributed by atoms with Crippen molar-refractivity contribution in [2.45, 2.75) is 4.90 Å². The van der Waals surface area contributed by atoms with Gasteiger partial charge in [-0.25, -0.2) is 17.5 Å². The summed E-state index contributed by atoms with van der Waals surface area (Å²) in [5.41, 5.74) is 0.518. The Hall–Kier alpha value is -2.33. The van der Waals surface area contributed by atoms with Crippen LogP contribution in [0.1, 0.15) is 10.4 Å². The van der Waals surface area contributed by atoms with E-state index < -0.39 is 16.0 Å². The molecule has 0 aromatic heterocycles. The molecule has 1 saturated heterocycles. The second kappa shape index (κ2) is 9.86. The second-order valence-electron chi connectivity index (χ2n) is 7.40. The van der Waals surface area contributed by atoms with E-state index in [0.29, 0.717) is 30.4 Å². The third-order valence-corrected chi connectivity index (χ3v) is 7.24. The maximum atomic E-state index is 12.4. The Morgan fingerprint density at radius 1 is 1.10 bits per heavy atom. The SMILES string of the molecule is CN(C)S(=O)(=O)c1ccc(N2CCN(CCOc3ccc(Cl)cc3)CC2)c(C(=O)O)c1. The quantitative estimate of drug-likeness (QED) is 0.637. The van der Waals surface area contributed by atoms with Crippen molar-refractivity contribution in [1.82, 2.24) is 9.21 Å². The summed E-state index contributed by atoms with van der Waals surface area (Å²) in [5, 5.41) is 10.3. The zero-order valence-corrected chi connectivity index (χ0v) is 19.1. The number of nitrogens with zero attached hydrogens (tertiary/aromatic N) is 3. The van der Waals surface area contributed by atoms with Crippen LogP contribution < -0.4 is 9.64 Å². The molecule has 1 aliphatic heterocycles. The molecule has 10 heteroatoms. The number of carbonyl (C=O) groups is 1. The Bertz CT molecular complexity index is 1020. The molecule has 0 aliphatic carbocycles. The van der Waals surface area contributed by atoms with E-state index >= 15 is 0 Å². The lowest BCUT2D eigenvalue weighted by Crippen LogP contribution is -2.48. The van der Waals surface area contributed by atoms with Gasteiger partial charge >= 0.3 is 5.97 Å². The van der Waals surface area contributed by atoms with Crippen molar-refractivity contribution in [2.75, 3.05) is 58.3 Å². The number of carboxylic acid groups (broad SMARTS) is 1. The zero-order chi connectivity index (χ0) is 22.6. The van der Waals surface area contributed by atoms with Gasteiger partial charge in [0, 0.05) is 51.8 Å². The average molecular weight is 468 g/mol. The van der Waals surface area contributed by atoms with E-state index in [9.17, 15) is 18.3 Å². The fourth-order valence-electron chi connectivity index (χ4n) is 3.37. The van der Waals surface area contributed by atoms with Crippen LogP contribution in [0.25, 0.3) is 0 Å². The third kappa shape index (κ3) is 5.68. The molecule has 1 N–H and O–H groups in total. The first-order valence-corrected chi connectivity index (χ1v) is 11.7. The van der Waals surface area contributed by atoms with Gasteiger partial charge in [-0.1, -0.05) is 11.6 Å². The summed E-state index contributed by atoms with van der Waals surface area (Å²) in [5.74, 6) is -0.383. The molecule has 168 valence electrons. The molecule has 31 heavy (non-hydrogen) atoms. The lowest BCUT2D eigenvalue weighted by atomic mass is 10.1. The lowest BCUT2D eigenvalue weighted by molar-refractivity contribution is 0.0697. The number of anilines is 1.